The fourth-order valence-corrected chi connectivity index (χ4v) is 1.88. The summed E-state index contributed by atoms with van der Waals surface area (Å²) in [6.45, 7) is 6.06. The lowest BCUT2D eigenvalue weighted by Gasteiger charge is -2.27. The number of Topliss-reactive ketones (excluding diaryl/α,β-unsaturated/α-hetero) is 1. The molecule has 1 aliphatic rings. The van der Waals surface area contributed by atoms with Crippen LogP contribution in [-0.4, -0.2) is 48.7 Å². The van der Waals surface area contributed by atoms with Gasteiger partial charge in [-0.1, -0.05) is 0 Å². The van der Waals surface area contributed by atoms with Crippen molar-refractivity contribution in [3.63, 3.8) is 0 Å². The van der Waals surface area contributed by atoms with E-state index in [0.717, 1.165) is 6.42 Å². The Bertz CT molecular complexity index is 295. The van der Waals surface area contributed by atoms with Gasteiger partial charge < -0.3 is 9.47 Å². The van der Waals surface area contributed by atoms with Crippen LogP contribution >= 0.6 is 0 Å². The molecule has 0 saturated carbocycles. The minimum atomic E-state index is -0.533. The Kier molecular flexibility index (Phi) is 4.51. The molecule has 1 rings (SSSR count). The first-order valence-corrected chi connectivity index (χ1v) is 5.86. The molecular formula is C12H21NO4. The molecule has 0 bridgehead atoms. The molecule has 5 heteroatoms. The highest BCUT2D eigenvalue weighted by molar-refractivity contribution is 5.88. The highest BCUT2D eigenvalue weighted by Gasteiger charge is 2.36. The zero-order chi connectivity index (χ0) is 13.1. The van der Waals surface area contributed by atoms with Gasteiger partial charge >= 0.3 is 6.09 Å². The SMILES string of the molecule is COCC(=O)[C@H]1CCCN1C(=O)OC(C)(C)C. The van der Waals surface area contributed by atoms with Crippen molar-refractivity contribution in [1.82, 2.24) is 4.90 Å². The van der Waals surface area contributed by atoms with E-state index in [4.69, 9.17) is 9.47 Å². The molecule has 5 nitrogen and oxygen atoms in total. The van der Waals surface area contributed by atoms with E-state index in [1.54, 1.807) is 0 Å². The van der Waals surface area contributed by atoms with Gasteiger partial charge in [0.15, 0.2) is 5.78 Å². The number of carbonyl (C=O) groups excluding carboxylic acids is 2. The lowest BCUT2D eigenvalue weighted by molar-refractivity contribution is -0.127. The molecule has 1 aliphatic heterocycles. The number of rotatable bonds is 3. The van der Waals surface area contributed by atoms with Gasteiger partial charge in [-0.2, -0.15) is 0 Å². The quantitative estimate of drug-likeness (QED) is 0.755. The van der Waals surface area contributed by atoms with Crippen molar-refractivity contribution in [2.75, 3.05) is 20.3 Å². The van der Waals surface area contributed by atoms with Crippen LogP contribution in [0.15, 0.2) is 0 Å². The van der Waals surface area contributed by atoms with Gasteiger partial charge in [0.2, 0.25) is 0 Å². The molecule has 1 atom stereocenters. The van der Waals surface area contributed by atoms with Crippen molar-refractivity contribution in [3.05, 3.63) is 0 Å². The third-order valence-electron chi connectivity index (χ3n) is 2.54. The number of ether oxygens (including phenoxy) is 2. The summed E-state index contributed by atoms with van der Waals surface area (Å²) in [5, 5.41) is 0. The molecule has 0 aromatic heterocycles. The molecule has 0 aromatic carbocycles. The molecule has 17 heavy (non-hydrogen) atoms. The van der Waals surface area contributed by atoms with E-state index < -0.39 is 11.7 Å². The lowest BCUT2D eigenvalue weighted by atomic mass is 10.1. The van der Waals surface area contributed by atoms with Crippen molar-refractivity contribution in [2.45, 2.75) is 45.3 Å². The number of amides is 1. The molecule has 0 N–H and O–H groups in total. The third kappa shape index (κ3) is 4.00. The summed E-state index contributed by atoms with van der Waals surface area (Å²) in [6.07, 6.45) is 1.12. The highest BCUT2D eigenvalue weighted by atomic mass is 16.6. The van der Waals surface area contributed by atoms with Gasteiger partial charge in [0.1, 0.15) is 12.2 Å². The maximum atomic E-state index is 11.9. The Balaban J connectivity index is 2.63. The van der Waals surface area contributed by atoms with Crippen molar-refractivity contribution >= 4 is 11.9 Å². The molecule has 1 amide bonds. The minimum Gasteiger partial charge on any atom is -0.444 e. The second-order valence-corrected chi connectivity index (χ2v) is 5.23. The van der Waals surface area contributed by atoms with Gasteiger partial charge in [0.25, 0.3) is 0 Å². The number of hydrogen-bond donors (Lipinski definition) is 0. The number of likely N-dealkylation sites (tertiary alicyclic amines) is 1. The van der Waals surface area contributed by atoms with E-state index in [0.29, 0.717) is 13.0 Å². The van der Waals surface area contributed by atoms with Crippen LogP contribution in [0.5, 0.6) is 0 Å². The van der Waals surface area contributed by atoms with Crippen LogP contribution in [-0.2, 0) is 14.3 Å². The van der Waals surface area contributed by atoms with Crippen LogP contribution in [0.25, 0.3) is 0 Å². The van der Waals surface area contributed by atoms with E-state index >= 15 is 0 Å². The second-order valence-electron chi connectivity index (χ2n) is 5.23. The molecule has 1 saturated heterocycles. The smallest absolute Gasteiger partial charge is 0.410 e. The maximum Gasteiger partial charge on any atom is 0.410 e. The average molecular weight is 243 g/mol. The van der Waals surface area contributed by atoms with Crippen LogP contribution in [0.2, 0.25) is 0 Å². The first kappa shape index (κ1) is 14.0. The summed E-state index contributed by atoms with van der Waals surface area (Å²) in [4.78, 5) is 25.1. The van der Waals surface area contributed by atoms with Gasteiger partial charge in [0.05, 0.1) is 6.04 Å². The fourth-order valence-electron chi connectivity index (χ4n) is 1.88. The number of carbonyl (C=O) groups is 2. The van der Waals surface area contributed by atoms with Crippen LogP contribution < -0.4 is 0 Å². The predicted octanol–water partition coefficient (Wildman–Crippen LogP) is 1.60. The van der Waals surface area contributed by atoms with Crippen molar-refractivity contribution in [2.24, 2.45) is 0 Å². The van der Waals surface area contributed by atoms with Crippen molar-refractivity contribution in [1.29, 1.82) is 0 Å². The van der Waals surface area contributed by atoms with E-state index in [1.165, 1.54) is 12.0 Å². The number of nitrogens with zero attached hydrogens (tertiary/aromatic N) is 1. The Morgan fingerprint density at radius 1 is 1.35 bits per heavy atom. The molecule has 1 heterocycles. The number of hydrogen-bond acceptors (Lipinski definition) is 4. The fraction of sp³-hybridized carbons (Fsp3) is 0.833. The van der Waals surface area contributed by atoms with E-state index in [9.17, 15) is 9.59 Å². The monoisotopic (exact) mass is 243 g/mol. The Hall–Kier alpha value is -1.10. The number of ketones is 1. The first-order chi connectivity index (χ1) is 7.85. The summed E-state index contributed by atoms with van der Waals surface area (Å²) < 4.78 is 10.1. The summed E-state index contributed by atoms with van der Waals surface area (Å²) in [5.74, 6) is -0.0594. The highest BCUT2D eigenvalue weighted by Crippen LogP contribution is 2.21. The molecule has 0 aromatic rings. The van der Waals surface area contributed by atoms with Gasteiger partial charge in [-0.15, -0.1) is 0 Å². The Morgan fingerprint density at radius 3 is 2.53 bits per heavy atom. The van der Waals surface area contributed by atoms with Crippen LogP contribution in [0, 0.1) is 0 Å². The van der Waals surface area contributed by atoms with E-state index in [-0.39, 0.29) is 18.4 Å². The Labute approximate surface area is 102 Å². The Morgan fingerprint density at radius 2 is 2.00 bits per heavy atom. The van der Waals surface area contributed by atoms with Crippen molar-refractivity contribution in [3.8, 4) is 0 Å². The number of methoxy groups -OCH3 is 1. The normalized spacial score (nSPS) is 20.5. The lowest BCUT2D eigenvalue weighted by Crippen LogP contribution is -2.44. The average Bonchev–Trinajstić information content (AvgIpc) is 2.63. The molecular weight excluding hydrogens is 222 g/mol. The summed E-state index contributed by atoms with van der Waals surface area (Å²) >= 11 is 0. The van der Waals surface area contributed by atoms with Crippen molar-refractivity contribution < 1.29 is 19.1 Å². The standard InChI is InChI=1S/C12H21NO4/c1-12(2,3)17-11(15)13-7-5-6-9(13)10(14)8-16-4/h9H,5-8H2,1-4H3/t9-/m1/s1. The third-order valence-corrected chi connectivity index (χ3v) is 2.54. The van der Waals surface area contributed by atoms with E-state index in [2.05, 4.69) is 0 Å². The first-order valence-electron chi connectivity index (χ1n) is 5.86. The van der Waals surface area contributed by atoms with Gasteiger partial charge in [-0.05, 0) is 33.6 Å². The predicted molar refractivity (Wildman–Crippen MR) is 62.8 cm³/mol. The van der Waals surface area contributed by atoms with Crippen LogP contribution in [0.4, 0.5) is 4.79 Å². The molecule has 0 spiro atoms. The molecule has 0 radical (unpaired) electrons. The molecule has 0 aliphatic carbocycles. The largest absolute Gasteiger partial charge is 0.444 e. The molecule has 0 unspecified atom stereocenters. The minimum absolute atomic E-state index is 0.0456. The summed E-state index contributed by atoms with van der Waals surface area (Å²) in [6, 6.07) is -0.384. The molecule has 98 valence electrons. The zero-order valence-corrected chi connectivity index (χ0v) is 11.0. The molecule has 1 fully saturated rings. The summed E-state index contributed by atoms with van der Waals surface area (Å²) in [7, 11) is 1.48. The van der Waals surface area contributed by atoms with Crippen LogP contribution in [0.3, 0.4) is 0 Å². The van der Waals surface area contributed by atoms with Gasteiger partial charge in [-0.25, -0.2) is 4.79 Å². The van der Waals surface area contributed by atoms with E-state index in [1.807, 2.05) is 20.8 Å². The zero-order valence-electron chi connectivity index (χ0n) is 11.0. The summed E-state index contributed by atoms with van der Waals surface area (Å²) in [5.41, 5.74) is -0.533. The maximum absolute atomic E-state index is 11.9. The van der Waals surface area contributed by atoms with Gasteiger partial charge in [-0.3, -0.25) is 9.69 Å². The van der Waals surface area contributed by atoms with Crippen LogP contribution in [0.1, 0.15) is 33.6 Å². The van der Waals surface area contributed by atoms with Gasteiger partial charge in [0, 0.05) is 13.7 Å². The topological polar surface area (TPSA) is 55.8 Å². The second kappa shape index (κ2) is 5.49.